The second kappa shape index (κ2) is 7.87. The summed E-state index contributed by atoms with van der Waals surface area (Å²) in [6, 6.07) is 3.67. The van der Waals surface area contributed by atoms with Crippen molar-refractivity contribution in [1.29, 1.82) is 0 Å². The van der Waals surface area contributed by atoms with Crippen LogP contribution in [0.5, 0.6) is 0 Å². The first kappa shape index (κ1) is 18.6. The molecule has 2 N–H and O–H groups in total. The number of carboxylic acid groups (broad SMARTS) is 1. The minimum Gasteiger partial charge on any atom is -0.480 e. The molecule has 0 aliphatic rings. The fourth-order valence-corrected chi connectivity index (χ4v) is 2.19. The van der Waals surface area contributed by atoms with E-state index in [1.807, 2.05) is 0 Å². The standard InChI is InChI=1S/C17H20FN3O4/c1-9(2)15(17(23)24)19-13(22)6-7-14-20-16(21-25-14)11-5-4-10(3)12(18)8-11/h4-5,8-9,15H,6-7H2,1-3H3,(H,19,22)(H,23,24). The minimum absolute atomic E-state index is 0.0143. The van der Waals surface area contributed by atoms with Gasteiger partial charge >= 0.3 is 5.97 Å². The Balaban J connectivity index is 1.96. The molecule has 0 bridgehead atoms. The molecule has 0 aliphatic carbocycles. The van der Waals surface area contributed by atoms with Crippen molar-refractivity contribution in [3.63, 3.8) is 0 Å². The van der Waals surface area contributed by atoms with Gasteiger partial charge < -0.3 is 14.9 Å². The van der Waals surface area contributed by atoms with E-state index in [-0.39, 0.29) is 36.3 Å². The molecule has 134 valence electrons. The van der Waals surface area contributed by atoms with Crippen LogP contribution in [0.2, 0.25) is 0 Å². The van der Waals surface area contributed by atoms with Crippen molar-refractivity contribution in [2.24, 2.45) is 5.92 Å². The summed E-state index contributed by atoms with van der Waals surface area (Å²) in [7, 11) is 0. The molecule has 0 spiro atoms. The maximum absolute atomic E-state index is 13.6. The molecular weight excluding hydrogens is 329 g/mol. The van der Waals surface area contributed by atoms with E-state index in [9.17, 15) is 14.0 Å². The summed E-state index contributed by atoms with van der Waals surface area (Å²) in [5.74, 6) is -1.63. The largest absolute Gasteiger partial charge is 0.480 e. The first-order valence-electron chi connectivity index (χ1n) is 7.89. The number of carboxylic acids is 1. The van der Waals surface area contributed by atoms with Crippen LogP contribution in [0.25, 0.3) is 11.4 Å². The van der Waals surface area contributed by atoms with Crippen molar-refractivity contribution in [2.45, 2.75) is 39.7 Å². The van der Waals surface area contributed by atoms with Crippen LogP contribution in [0.4, 0.5) is 4.39 Å². The molecule has 2 rings (SSSR count). The Kier molecular flexibility index (Phi) is 5.84. The first-order valence-corrected chi connectivity index (χ1v) is 7.89. The average molecular weight is 349 g/mol. The molecule has 0 fully saturated rings. The number of nitrogens with one attached hydrogen (secondary N) is 1. The third-order valence-corrected chi connectivity index (χ3v) is 3.71. The Hall–Kier alpha value is -2.77. The van der Waals surface area contributed by atoms with Gasteiger partial charge in [-0.05, 0) is 24.5 Å². The van der Waals surface area contributed by atoms with Crippen molar-refractivity contribution in [3.8, 4) is 11.4 Å². The van der Waals surface area contributed by atoms with Crippen LogP contribution in [0, 0.1) is 18.7 Å². The average Bonchev–Trinajstić information content (AvgIpc) is 3.01. The van der Waals surface area contributed by atoms with Gasteiger partial charge in [0.05, 0.1) is 0 Å². The molecular formula is C17H20FN3O4. The molecule has 1 atom stereocenters. The highest BCUT2D eigenvalue weighted by Gasteiger charge is 2.23. The SMILES string of the molecule is Cc1ccc(-c2noc(CCC(=O)NC(C(=O)O)C(C)C)n2)cc1F. The zero-order valence-electron chi connectivity index (χ0n) is 14.2. The lowest BCUT2D eigenvalue weighted by Crippen LogP contribution is -2.44. The summed E-state index contributed by atoms with van der Waals surface area (Å²) in [4.78, 5) is 27.1. The Bertz CT molecular complexity index is 773. The molecule has 1 amide bonds. The quantitative estimate of drug-likeness (QED) is 0.795. The molecule has 1 unspecified atom stereocenters. The summed E-state index contributed by atoms with van der Waals surface area (Å²) in [5, 5.41) is 15.3. The molecule has 8 heteroatoms. The highest BCUT2D eigenvalue weighted by atomic mass is 19.1. The molecule has 0 aliphatic heterocycles. The molecule has 0 saturated heterocycles. The van der Waals surface area contributed by atoms with Gasteiger partial charge in [0.1, 0.15) is 11.9 Å². The van der Waals surface area contributed by atoms with Gasteiger partial charge in [-0.25, -0.2) is 9.18 Å². The molecule has 0 saturated carbocycles. The van der Waals surface area contributed by atoms with Crippen LogP contribution in [0.15, 0.2) is 22.7 Å². The number of aromatic nitrogens is 2. The zero-order valence-corrected chi connectivity index (χ0v) is 14.2. The predicted octanol–water partition coefficient (Wildman–Crippen LogP) is 2.34. The number of benzene rings is 1. The summed E-state index contributed by atoms with van der Waals surface area (Å²) in [6.45, 7) is 5.08. The van der Waals surface area contributed by atoms with Gasteiger partial charge in [-0.3, -0.25) is 4.79 Å². The van der Waals surface area contributed by atoms with Crippen molar-refractivity contribution in [3.05, 3.63) is 35.5 Å². The third kappa shape index (κ3) is 4.85. The van der Waals surface area contributed by atoms with Crippen LogP contribution in [-0.4, -0.2) is 33.2 Å². The van der Waals surface area contributed by atoms with Crippen molar-refractivity contribution < 1.29 is 23.6 Å². The summed E-state index contributed by atoms with van der Waals surface area (Å²) < 4.78 is 18.6. The second-order valence-electron chi connectivity index (χ2n) is 6.10. The first-order chi connectivity index (χ1) is 11.8. The van der Waals surface area contributed by atoms with Crippen LogP contribution < -0.4 is 5.32 Å². The molecule has 7 nitrogen and oxygen atoms in total. The van der Waals surface area contributed by atoms with E-state index in [0.717, 1.165) is 0 Å². The number of aryl methyl sites for hydroxylation is 2. The number of carbonyl (C=O) groups is 2. The normalized spacial score (nSPS) is 12.2. The van der Waals surface area contributed by atoms with Crippen LogP contribution in [0.3, 0.4) is 0 Å². The van der Waals surface area contributed by atoms with Gasteiger partial charge in [-0.2, -0.15) is 4.98 Å². The van der Waals surface area contributed by atoms with E-state index >= 15 is 0 Å². The summed E-state index contributed by atoms with van der Waals surface area (Å²) in [5.41, 5.74) is 0.996. The second-order valence-corrected chi connectivity index (χ2v) is 6.10. The molecule has 1 aromatic carbocycles. The smallest absolute Gasteiger partial charge is 0.326 e. The topological polar surface area (TPSA) is 105 Å². The third-order valence-electron chi connectivity index (χ3n) is 3.71. The Morgan fingerprint density at radius 3 is 2.68 bits per heavy atom. The maximum atomic E-state index is 13.6. The highest BCUT2D eigenvalue weighted by Crippen LogP contribution is 2.19. The van der Waals surface area contributed by atoms with E-state index in [1.165, 1.54) is 6.07 Å². The molecule has 1 heterocycles. The predicted molar refractivity (Wildman–Crippen MR) is 87.2 cm³/mol. The number of rotatable bonds is 7. The fourth-order valence-electron chi connectivity index (χ4n) is 2.19. The number of halogens is 1. The van der Waals surface area contributed by atoms with Gasteiger partial charge in [0.25, 0.3) is 0 Å². The number of carbonyl (C=O) groups excluding carboxylic acids is 1. The van der Waals surface area contributed by atoms with Gasteiger partial charge in [-0.1, -0.05) is 31.1 Å². The van der Waals surface area contributed by atoms with Gasteiger partial charge in [0.15, 0.2) is 0 Å². The lowest BCUT2D eigenvalue weighted by atomic mass is 10.0. The highest BCUT2D eigenvalue weighted by molar-refractivity contribution is 5.83. The molecule has 2 aromatic rings. The van der Waals surface area contributed by atoms with E-state index in [2.05, 4.69) is 15.5 Å². The van der Waals surface area contributed by atoms with Crippen molar-refractivity contribution in [1.82, 2.24) is 15.5 Å². The molecule has 1 aromatic heterocycles. The van der Waals surface area contributed by atoms with E-state index in [4.69, 9.17) is 9.63 Å². The molecule has 25 heavy (non-hydrogen) atoms. The van der Waals surface area contributed by atoms with E-state index < -0.39 is 17.9 Å². The monoisotopic (exact) mass is 349 g/mol. The van der Waals surface area contributed by atoms with Crippen LogP contribution >= 0.6 is 0 Å². The van der Waals surface area contributed by atoms with E-state index in [1.54, 1.807) is 32.9 Å². The number of hydrogen-bond donors (Lipinski definition) is 2. The van der Waals surface area contributed by atoms with Gasteiger partial charge in [0, 0.05) is 18.4 Å². The van der Waals surface area contributed by atoms with Crippen LogP contribution in [0.1, 0.15) is 31.7 Å². The van der Waals surface area contributed by atoms with Crippen molar-refractivity contribution >= 4 is 11.9 Å². The lowest BCUT2D eigenvalue weighted by molar-refractivity contribution is -0.143. The number of amides is 1. The zero-order chi connectivity index (χ0) is 18.6. The fraction of sp³-hybridized carbons (Fsp3) is 0.412. The van der Waals surface area contributed by atoms with Crippen molar-refractivity contribution in [2.75, 3.05) is 0 Å². The van der Waals surface area contributed by atoms with E-state index in [0.29, 0.717) is 11.1 Å². The maximum Gasteiger partial charge on any atom is 0.326 e. The number of hydrogen-bond acceptors (Lipinski definition) is 5. The minimum atomic E-state index is -1.08. The number of aliphatic carboxylic acids is 1. The van der Waals surface area contributed by atoms with Crippen LogP contribution in [-0.2, 0) is 16.0 Å². The molecule has 0 radical (unpaired) electrons. The Morgan fingerprint density at radius 1 is 1.36 bits per heavy atom. The summed E-state index contributed by atoms with van der Waals surface area (Å²) >= 11 is 0. The Morgan fingerprint density at radius 2 is 2.08 bits per heavy atom. The lowest BCUT2D eigenvalue weighted by Gasteiger charge is -2.17. The Labute approximate surface area is 144 Å². The number of nitrogens with zero attached hydrogens (tertiary/aromatic N) is 2. The van der Waals surface area contributed by atoms with Gasteiger partial charge in [-0.15, -0.1) is 0 Å². The van der Waals surface area contributed by atoms with Gasteiger partial charge in [0.2, 0.25) is 17.6 Å². The summed E-state index contributed by atoms with van der Waals surface area (Å²) in [6.07, 6.45) is 0.179.